The minimum absolute atomic E-state index is 0.0176. The van der Waals surface area contributed by atoms with Gasteiger partial charge < -0.3 is 15.0 Å². The Morgan fingerprint density at radius 1 is 1.36 bits per heavy atom. The zero-order chi connectivity index (χ0) is 17.8. The van der Waals surface area contributed by atoms with E-state index in [2.05, 4.69) is 20.2 Å². The lowest BCUT2D eigenvalue weighted by Gasteiger charge is -2.18. The summed E-state index contributed by atoms with van der Waals surface area (Å²) in [7, 11) is 0. The number of aromatic nitrogens is 2. The van der Waals surface area contributed by atoms with E-state index in [0.29, 0.717) is 0 Å². The van der Waals surface area contributed by atoms with Crippen LogP contribution >= 0.6 is 11.6 Å². The fourth-order valence-corrected chi connectivity index (χ4v) is 3.09. The topological polar surface area (TPSA) is 67.3 Å². The van der Waals surface area contributed by atoms with E-state index in [1.807, 2.05) is 37.3 Å². The quantitative estimate of drug-likeness (QED) is 0.830. The number of halogens is 1. The Hall–Kier alpha value is -2.34. The van der Waals surface area contributed by atoms with Crippen molar-refractivity contribution < 1.29 is 9.53 Å². The molecular weight excluding hydrogens is 340 g/mol. The predicted molar refractivity (Wildman–Crippen MR) is 97.0 cm³/mol. The van der Waals surface area contributed by atoms with Gasteiger partial charge in [-0.25, -0.2) is 9.97 Å². The highest BCUT2D eigenvalue weighted by molar-refractivity contribution is 6.28. The molecule has 2 aromatic rings. The van der Waals surface area contributed by atoms with Gasteiger partial charge in [0, 0.05) is 26.1 Å². The Morgan fingerprint density at radius 2 is 2.12 bits per heavy atom. The van der Waals surface area contributed by atoms with Gasteiger partial charge in [-0.15, -0.1) is 0 Å². The first-order valence-corrected chi connectivity index (χ1v) is 8.66. The molecule has 6 nitrogen and oxygen atoms in total. The van der Waals surface area contributed by atoms with Gasteiger partial charge in [-0.1, -0.05) is 12.1 Å². The number of nitrogens with zero attached hydrogens (tertiary/aromatic N) is 3. The summed E-state index contributed by atoms with van der Waals surface area (Å²) in [6, 6.07) is 9.68. The summed E-state index contributed by atoms with van der Waals surface area (Å²) in [4.78, 5) is 21.4. The van der Waals surface area contributed by atoms with E-state index in [9.17, 15) is 4.79 Å². The fourth-order valence-electron chi connectivity index (χ4n) is 2.95. The maximum Gasteiger partial charge on any atom is 0.224 e. The lowest BCUT2D eigenvalue weighted by Crippen LogP contribution is -2.25. The first-order chi connectivity index (χ1) is 12.0. The van der Waals surface area contributed by atoms with Crippen LogP contribution in [-0.4, -0.2) is 35.1 Å². The highest BCUT2D eigenvalue weighted by atomic mass is 35.5. The summed E-state index contributed by atoms with van der Waals surface area (Å²) in [5, 5.41) is 3.13. The van der Waals surface area contributed by atoms with E-state index in [1.165, 1.54) is 6.92 Å². The molecule has 1 aliphatic heterocycles. The number of nitrogens with one attached hydrogen (secondary N) is 1. The van der Waals surface area contributed by atoms with Crippen molar-refractivity contribution in [3.05, 3.63) is 47.4 Å². The standard InChI is InChI=1S/C18H21ClN4O2/c1-12(21-13(2)24)14-3-5-15(6-4-14)25-16-8-10-23(11-16)17-7-9-20-18(19)22-17/h3-7,9,12,16H,8,10-11H2,1-2H3,(H,21,24)/t12-,16+/m0/s1. The summed E-state index contributed by atoms with van der Waals surface area (Å²) in [6.45, 7) is 5.11. The smallest absolute Gasteiger partial charge is 0.224 e. The maximum atomic E-state index is 11.1. The maximum absolute atomic E-state index is 11.1. The zero-order valence-electron chi connectivity index (χ0n) is 14.3. The second-order valence-corrected chi connectivity index (χ2v) is 6.49. The van der Waals surface area contributed by atoms with Crippen LogP contribution in [0, 0.1) is 0 Å². The predicted octanol–water partition coefficient (Wildman–Crippen LogP) is 2.98. The number of hydrogen-bond acceptors (Lipinski definition) is 5. The van der Waals surface area contributed by atoms with Crippen molar-refractivity contribution in [3.8, 4) is 5.75 Å². The Morgan fingerprint density at radius 3 is 2.80 bits per heavy atom. The molecule has 1 aromatic carbocycles. The normalized spacial score (nSPS) is 18.0. The number of hydrogen-bond donors (Lipinski definition) is 1. The number of amides is 1. The van der Waals surface area contributed by atoms with Crippen LogP contribution in [0.15, 0.2) is 36.5 Å². The number of rotatable bonds is 5. The Labute approximate surface area is 152 Å². The average Bonchev–Trinajstić information content (AvgIpc) is 3.03. The van der Waals surface area contributed by atoms with Crippen molar-refractivity contribution in [1.29, 1.82) is 0 Å². The van der Waals surface area contributed by atoms with Gasteiger partial charge in [0.05, 0.1) is 12.6 Å². The van der Waals surface area contributed by atoms with Crippen LogP contribution in [0.4, 0.5) is 5.82 Å². The molecule has 1 amide bonds. The van der Waals surface area contributed by atoms with Crippen molar-refractivity contribution in [1.82, 2.24) is 15.3 Å². The third-order valence-electron chi connectivity index (χ3n) is 4.18. The van der Waals surface area contributed by atoms with Crippen molar-refractivity contribution in [2.45, 2.75) is 32.4 Å². The third-order valence-corrected chi connectivity index (χ3v) is 4.37. The minimum atomic E-state index is -0.0382. The molecule has 0 radical (unpaired) electrons. The highest BCUT2D eigenvalue weighted by Crippen LogP contribution is 2.24. The monoisotopic (exact) mass is 360 g/mol. The Kier molecular flexibility index (Phi) is 5.38. The minimum Gasteiger partial charge on any atom is -0.489 e. The molecule has 1 aromatic heterocycles. The second kappa shape index (κ2) is 7.70. The molecule has 25 heavy (non-hydrogen) atoms. The van der Waals surface area contributed by atoms with Gasteiger partial charge >= 0.3 is 0 Å². The molecule has 0 saturated carbocycles. The molecular formula is C18H21ClN4O2. The summed E-state index contributed by atoms with van der Waals surface area (Å²) in [5.74, 6) is 1.61. The number of anilines is 1. The van der Waals surface area contributed by atoms with E-state index >= 15 is 0 Å². The number of carbonyl (C=O) groups excluding carboxylic acids is 1. The molecule has 132 valence electrons. The van der Waals surface area contributed by atoms with Crippen molar-refractivity contribution in [2.24, 2.45) is 0 Å². The van der Waals surface area contributed by atoms with Gasteiger partial charge in [0.15, 0.2) is 0 Å². The lowest BCUT2D eigenvalue weighted by molar-refractivity contribution is -0.119. The number of ether oxygens (including phenoxy) is 1. The summed E-state index contributed by atoms with van der Waals surface area (Å²) in [6.07, 6.45) is 2.69. The lowest BCUT2D eigenvalue weighted by atomic mass is 10.1. The van der Waals surface area contributed by atoms with Crippen molar-refractivity contribution in [2.75, 3.05) is 18.0 Å². The van der Waals surface area contributed by atoms with Crippen LogP contribution in [0.1, 0.15) is 31.9 Å². The zero-order valence-corrected chi connectivity index (χ0v) is 15.0. The molecule has 1 N–H and O–H groups in total. The van der Waals surface area contributed by atoms with Crippen LogP contribution in [0.5, 0.6) is 5.75 Å². The van der Waals surface area contributed by atoms with Gasteiger partial charge in [0.1, 0.15) is 17.7 Å². The van der Waals surface area contributed by atoms with Gasteiger partial charge in [-0.3, -0.25) is 4.79 Å². The summed E-state index contributed by atoms with van der Waals surface area (Å²) < 4.78 is 6.07. The summed E-state index contributed by atoms with van der Waals surface area (Å²) >= 11 is 5.85. The van der Waals surface area contributed by atoms with E-state index in [4.69, 9.17) is 16.3 Å². The van der Waals surface area contributed by atoms with Crippen LogP contribution in [0.25, 0.3) is 0 Å². The highest BCUT2D eigenvalue weighted by Gasteiger charge is 2.25. The first-order valence-electron chi connectivity index (χ1n) is 8.28. The number of benzene rings is 1. The van der Waals surface area contributed by atoms with Gasteiger partial charge in [0.2, 0.25) is 11.2 Å². The van der Waals surface area contributed by atoms with E-state index in [0.717, 1.165) is 36.6 Å². The third kappa shape index (κ3) is 4.60. The van der Waals surface area contributed by atoms with Crippen LogP contribution in [0.2, 0.25) is 5.28 Å². The molecule has 0 unspecified atom stereocenters. The van der Waals surface area contributed by atoms with E-state index in [1.54, 1.807) is 6.20 Å². The van der Waals surface area contributed by atoms with E-state index in [-0.39, 0.29) is 23.3 Å². The van der Waals surface area contributed by atoms with Crippen LogP contribution in [0.3, 0.4) is 0 Å². The second-order valence-electron chi connectivity index (χ2n) is 6.15. The molecule has 1 fully saturated rings. The van der Waals surface area contributed by atoms with Crippen LogP contribution in [-0.2, 0) is 4.79 Å². The first kappa shape index (κ1) is 17.5. The van der Waals surface area contributed by atoms with Crippen LogP contribution < -0.4 is 15.0 Å². The Bertz CT molecular complexity index is 738. The van der Waals surface area contributed by atoms with Gasteiger partial charge in [0.25, 0.3) is 0 Å². The van der Waals surface area contributed by atoms with E-state index < -0.39 is 0 Å². The summed E-state index contributed by atoms with van der Waals surface area (Å²) in [5.41, 5.74) is 1.05. The molecule has 3 rings (SSSR count). The molecule has 2 heterocycles. The SMILES string of the molecule is CC(=O)N[C@@H](C)c1ccc(O[C@@H]2CCN(c3ccnc(Cl)n3)C2)cc1. The molecule has 7 heteroatoms. The van der Waals surface area contributed by atoms with Crippen molar-refractivity contribution in [3.63, 3.8) is 0 Å². The molecule has 0 bridgehead atoms. The van der Waals surface area contributed by atoms with Crippen molar-refractivity contribution >= 4 is 23.3 Å². The molecule has 0 spiro atoms. The fraction of sp³-hybridized carbons (Fsp3) is 0.389. The number of carbonyl (C=O) groups is 1. The average molecular weight is 361 g/mol. The molecule has 2 atom stereocenters. The molecule has 1 aliphatic rings. The molecule has 0 aliphatic carbocycles. The Balaban J connectivity index is 1.57. The van der Waals surface area contributed by atoms with Gasteiger partial charge in [-0.2, -0.15) is 0 Å². The molecule has 1 saturated heterocycles. The largest absolute Gasteiger partial charge is 0.489 e. The van der Waals surface area contributed by atoms with Gasteiger partial charge in [-0.05, 0) is 42.3 Å².